The summed E-state index contributed by atoms with van der Waals surface area (Å²) in [7, 11) is 2.00. The lowest BCUT2D eigenvalue weighted by atomic mass is 10.1. The summed E-state index contributed by atoms with van der Waals surface area (Å²) in [6, 6.07) is 14.4. The highest BCUT2D eigenvalue weighted by Crippen LogP contribution is 2.09. The Labute approximate surface area is 160 Å². The number of benzene rings is 1. The van der Waals surface area contributed by atoms with Gasteiger partial charge >= 0.3 is 0 Å². The molecule has 1 heterocycles. The van der Waals surface area contributed by atoms with E-state index in [9.17, 15) is 4.79 Å². The van der Waals surface area contributed by atoms with Crippen LogP contribution in [-0.2, 0) is 17.6 Å². The molecule has 0 bridgehead atoms. The first kappa shape index (κ1) is 20.0. The first-order chi connectivity index (χ1) is 12.7. The minimum Gasteiger partial charge on any atom is -0.357 e. The number of carbonyl (C=O) groups excluding carboxylic acids is 1. The van der Waals surface area contributed by atoms with Crippen LogP contribution >= 0.6 is 11.3 Å². The number of nitrogens with one attached hydrogen (secondary N) is 2. The zero-order chi connectivity index (χ0) is 18.6. The Morgan fingerprint density at radius 3 is 2.62 bits per heavy atom. The molecule has 0 atom stereocenters. The van der Waals surface area contributed by atoms with E-state index in [4.69, 9.17) is 0 Å². The minimum atomic E-state index is -0.0528. The number of nitrogens with zero attached hydrogens (tertiary/aromatic N) is 2. The van der Waals surface area contributed by atoms with E-state index in [0.29, 0.717) is 6.54 Å². The normalized spacial score (nSPS) is 11.2. The maximum Gasteiger partial charge on any atom is 0.241 e. The molecule has 1 amide bonds. The summed E-state index contributed by atoms with van der Waals surface area (Å²) in [5.41, 5.74) is 1.22. The fraction of sp³-hybridized carbons (Fsp3) is 0.400. The fourth-order valence-electron chi connectivity index (χ4n) is 2.50. The highest BCUT2D eigenvalue weighted by atomic mass is 32.1. The molecule has 0 aliphatic rings. The van der Waals surface area contributed by atoms with E-state index in [-0.39, 0.29) is 12.5 Å². The number of hydrogen-bond acceptors (Lipinski definition) is 3. The second-order valence-corrected chi connectivity index (χ2v) is 7.04. The standard InChI is InChI=1S/C20H28N4OS/c1-3-21-20(24(2)14-12-18-10-7-15-26-18)23-16-19(25)22-13-11-17-8-5-4-6-9-17/h4-10,15H,3,11-14,16H2,1-2H3,(H,21,23)(H,22,25). The number of rotatable bonds is 9. The SMILES string of the molecule is CCNC(=NCC(=O)NCCc1ccccc1)N(C)CCc1cccs1. The van der Waals surface area contributed by atoms with Gasteiger partial charge in [0.1, 0.15) is 6.54 Å². The van der Waals surface area contributed by atoms with Crippen LogP contribution in [0.15, 0.2) is 52.8 Å². The quantitative estimate of drug-likeness (QED) is 0.525. The molecule has 2 aromatic rings. The smallest absolute Gasteiger partial charge is 0.241 e. The lowest BCUT2D eigenvalue weighted by Crippen LogP contribution is -2.40. The second-order valence-electron chi connectivity index (χ2n) is 6.01. The largest absolute Gasteiger partial charge is 0.357 e. The molecule has 26 heavy (non-hydrogen) atoms. The van der Waals surface area contributed by atoms with Crippen LogP contribution in [0.3, 0.4) is 0 Å². The molecule has 5 nitrogen and oxygen atoms in total. The zero-order valence-corrected chi connectivity index (χ0v) is 16.4. The molecule has 0 radical (unpaired) electrons. The molecule has 0 saturated carbocycles. The molecule has 6 heteroatoms. The van der Waals surface area contributed by atoms with E-state index in [0.717, 1.165) is 31.9 Å². The summed E-state index contributed by atoms with van der Waals surface area (Å²) >= 11 is 1.76. The van der Waals surface area contributed by atoms with Crippen molar-refractivity contribution in [1.82, 2.24) is 15.5 Å². The Hall–Kier alpha value is -2.34. The Balaban J connectivity index is 1.76. The van der Waals surface area contributed by atoms with Crippen molar-refractivity contribution in [2.24, 2.45) is 4.99 Å². The lowest BCUT2D eigenvalue weighted by molar-refractivity contribution is -0.119. The summed E-state index contributed by atoms with van der Waals surface area (Å²) in [5, 5.41) is 8.27. The fourth-order valence-corrected chi connectivity index (χ4v) is 3.20. The van der Waals surface area contributed by atoms with Gasteiger partial charge in [-0.2, -0.15) is 0 Å². The topological polar surface area (TPSA) is 56.7 Å². The molecule has 1 aromatic carbocycles. The third-order valence-corrected chi connectivity index (χ3v) is 4.86. The van der Waals surface area contributed by atoms with Gasteiger partial charge < -0.3 is 15.5 Å². The van der Waals surface area contributed by atoms with Gasteiger partial charge in [-0.1, -0.05) is 36.4 Å². The molecule has 0 aliphatic heterocycles. The first-order valence-electron chi connectivity index (χ1n) is 9.01. The maximum absolute atomic E-state index is 12.0. The van der Waals surface area contributed by atoms with E-state index >= 15 is 0 Å². The van der Waals surface area contributed by atoms with Gasteiger partial charge in [0.25, 0.3) is 0 Å². The highest BCUT2D eigenvalue weighted by molar-refractivity contribution is 7.09. The van der Waals surface area contributed by atoms with Crippen molar-refractivity contribution in [2.45, 2.75) is 19.8 Å². The average Bonchev–Trinajstić information content (AvgIpc) is 3.17. The molecule has 0 aliphatic carbocycles. The third kappa shape index (κ3) is 7.27. The molecule has 140 valence electrons. The van der Waals surface area contributed by atoms with Crippen molar-refractivity contribution in [3.05, 3.63) is 58.3 Å². The molecule has 0 unspecified atom stereocenters. The molecule has 0 spiro atoms. The Bertz CT molecular complexity index is 670. The van der Waals surface area contributed by atoms with Crippen molar-refractivity contribution in [3.8, 4) is 0 Å². The van der Waals surface area contributed by atoms with Gasteiger partial charge in [0.15, 0.2) is 5.96 Å². The van der Waals surface area contributed by atoms with Crippen LogP contribution in [0.4, 0.5) is 0 Å². The highest BCUT2D eigenvalue weighted by Gasteiger charge is 2.08. The molecule has 2 rings (SSSR count). The molecule has 2 N–H and O–H groups in total. The predicted molar refractivity (Wildman–Crippen MR) is 110 cm³/mol. The first-order valence-corrected chi connectivity index (χ1v) is 9.89. The average molecular weight is 373 g/mol. The maximum atomic E-state index is 12.0. The number of likely N-dealkylation sites (N-methyl/N-ethyl adjacent to an activating group) is 1. The van der Waals surface area contributed by atoms with Crippen LogP contribution in [0.1, 0.15) is 17.4 Å². The van der Waals surface area contributed by atoms with Gasteiger partial charge in [-0.15, -0.1) is 11.3 Å². The van der Waals surface area contributed by atoms with Crippen molar-refractivity contribution in [1.29, 1.82) is 0 Å². The van der Waals surface area contributed by atoms with E-state index in [1.165, 1.54) is 10.4 Å². The van der Waals surface area contributed by atoms with Crippen LogP contribution in [0.2, 0.25) is 0 Å². The van der Waals surface area contributed by atoms with Crippen LogP contribution in [0, 0.1) is 0 Å². The van der Waals surface area contributed by atoms with Crippen molar-refractivity contribution >= 4 is 23.2 Å². The number of thiophene rings is 1. The van der Waals surface area contributed by atoms with Crippen molar-refractivity contribution in [2.75, 3.05) is 33.2 Å². The summed E-state index contributed by atoms with van der Waals surface area (Å²) < 4.78 is 0. The Kier molecular flexibility index (Phi) is 8.69. The number of aliphatic imine (C=N–C) groups is 1. The molecular formula is C20H28N4OS. The third-order valence-electron chi connectivity index (χ3n) is 3.92. The van der Waals surface area contributed by atoms with Crippen molar-refractivity contribution in [3.63, 3.8) is 0 Å². The second kappa shape index (κ2) is 11.3. The van der Waals surface area contributed by atoms with E-state index < -0.39 is 0 Å². The van der Waals surface area contributed by atoms with E-state index in [1.807, 2.05) is 32.2 Å². The van der Waals surface area contributed by atoms with Gasteiger partial charge in [-0.05, 0) is 36.8 Å². The lowest BCUT2D eigenvalue weighted by Gasteiger charge is -2.21. The number of hydrogen-bond donors (Lipinski definition) is 2. The summed E-state index contributed by atoms with van der Waals surface area (Å²) in [6.07, 6.45) is 1.80. The van der Waals surface area contributed by atoms with E-state index in [1.54, 1.807) is 11.3 Å². The number of guanidine groups is 1. The van der Waals surface area contributed by atoms with Gasteiger partial charge in [0.05, 0.1) is 0 Å². The Morgan fingerprint density at radius 2 is 1.92 bits per heavy atom. The molecule has 0 fully saturated rings. The summed E-state index contributed by atoms with van der Waals surface area (Å²) in [5.74, 6) is 0.713. The van der Waals surface area contributed by atoms with Gasteiger partial charge in [-0.25, -0.2) is 4.99 Å². The number of carbonyl (C=O) groups is 1. The molecule has 0 saturated heterocycles. The monoisotopic (exact) mass is 372 g/mol. The van der Waals surface area contributed by atoms with Crippen LogP contribution in [0.5, 0.6) is 0 Å². The Morgan fingerprint density at radius 1 is 1.12 bits per heavy atom. The van der Waals surface area contributed by atoms with Crippen LogP contribution in [-0.4, -0.2) is 50.0 Å². The van der Waals surface area contributed by atoms with Crippen molar-refractivity contribution < 1.29 is 4.79 Å². The van der Waals surface area contributed by atoms with Crippen LogP contribution < -0.4 is 10.6 Å². The van der Waals surface area contributed by atoms with Crippen LogP contribution in [0.25, 0.3) is 0 Å². The predicted octanol–water partition coefficient (Wildman–Crippen LogP) is 2.55. The molecule has 1 aromatic heterocycles. The molecular weight excluding hydrogens is 344 g/mol. The zero-order valence-electron chi connectivity index (χ0n) is 15.6. The van der Waals surface area contributed by atoms with Gasteiger partial charge in [-0.3, -0.25) is 4.79 Å². The van der Waals surface area contributed by atoms with E-state index in [2.05, 4.69) is 50.2 Å². The summed E-state index contributed by atoms with van der Waals surface area (Å²) in [4.78, 5) is 19.9. The van der Waals surface area contributed by atoms with Gasteiger partial charge in [0, 0.05) is 31.6 Å². The number of amides is 1. The summed E-state index contributed by atoms with van der Waals surface area (Å²) in [6.45, 7) is 4.44. The van der Waals surface area contributed by atoms with Gasteiger partial charge in [0.2, 0.25) is 5.91 Å². The minimum absolute atomic E-state index is 0.0528.